The second-order valence-electron chi connectivity index (χ2n) is 4.04. The van der Waals surface area contributed by atoms with E-state index in [0.717, 1.165) is 24.2 Å². The van der Waals surface area contributed by atoms with Crippen LogP contribution in [0.25, 0.3) is 0 Å². The molecule has 0 bridgehead atoms. The van der Waals surface area contributed by atoms with Crippen molar-refractivity contribution in [2.45, 2.75) is 26.2 Å². The molecule has 1 unspecified atom stereocenters. The van der Waals surface area contributed by atoms with Gasteiger partial charge in [-0.25, -0.2) is 4.39 Å². The molecule has 0 aromatic heterocycles. The van der Waals surface area contributed by atoms with Crippen LogP contribution in [0, 0.1) is 11.7 Å². The molecule has 1 aliphatic rings. The van der Waals surface area contributed by atoms with Gasteiger partial charge in [0.05, 0.1) is 0 Å². The smallest absolute Gasteiger partial charge is 0.123 e. The van der Waals surface area contributed by atoms with E-state index in [2.05, 4.69) is 12.2 Å². The molecular formula is C12H16FN. The fourth-order valence-corrected chi connectivity index (χ4v) is 2.15. The molecule has 2 rings (SSSR count). The van der Waals surface area contributed by atoms with Gasteiger partial charge in [-0.1, -0.05) is 13.3 Å². The lowest BCUT2D eigenvalue weighted by Gasteiger charge is -2.25. The lowest BCUT2D eigenvalue weighted by atomic mass is 9.91. The van der Waals surface area contributed by atoms with Gasteiger partial charge in [-0.3, -0.25) is 0 Å². The fraction of sp³-hybridized carbons (Fsp3) is 0.500. The number of nitrogens with one attached hydrogen (secondary N) is 1. The van der Waals surface area contributed by atoms with Gasteiger partial charge in [0.15, 0.2) is 0 Å². The summed E-state index contributed by atoms with van der Waals surface area (Å²) in [4.78, 5) is 0. The van der Waals surface area contributed by atoms with Gasteiger partial charge < -0.3 is 5.32 Å². The molecule has 0 saturated carbocycles. The Hall–Kier alpha value is -1.05. The highest BCUT2D eigenvalue weighted by Gasteiger charge is 2.17. The zero-order valence-corrected chi connectivity index (χ0v) is 8.52. The van der Waals surface area contributed by atoms with Crippen molar-refractivity contribution in [2.24, 2.45) is 5.92 Å². The van der Waals surface area contributed by atoms with Gasteiger partial charge >= 0.3 is 0 Å². The molecule has 0 saturated heterocycles. The van der Waals surface area contributed by atoms with Crippen molar-refractivity contribution >= 4 is 5.69 Å². The molecule has 1 aromatic carbocycles. The van der Waals surface area contributed by atoms with Crippen LogP contribution in [0.5, 0.6) is 0 Å². The summed E-state index contributed by atoms with van der Waals surface area (Å²) in [6.45, 7) is 3.23. The molecule has 0 spiro atoms. The molecule has 0 amide bonds. The van der Waals surface area contributed by atoms with Crippen molar-refractivity contribution in [1.29, 1.82) is 0 Å². The summed E-state index contributed by atoms with van der Waals surface area (Å²) in [5, 5.41) is 3.36. The van der Waals surface area contributed by atoms with Crippen LogP contribution < -0.4 is 5.32 Å². The minimum atomic E-state index is -0.123. The van der Waals surface area contributed by atoms with Crippen LogP contribution in [0.4, 0.5) is 10.1 Å². The highest BCUT2D eigenvalue weighted by atomic mass is 19.1. The maximum atomic E-state index is 13.0. The van der Waals surface area contributed by atoms with Crippen molar-refractivity contribution in [3.05, 3.63) is 29.6 Å². The van der Waals surface area contributed by atoms with Crippen molar-refractivity contribution in [3.8, 4) is 0 Å². The summed E-state index contributed by atoms with van der Waals surface area (Å²) in [5.74, 6) is 0.553. The normalized spacial score (nSPS) is 20.0. The van der Waals surface area contributed by atoms with Crippen LogP contribution >= 0.6 is 0 Å². The van der Waals surface area contributed by atoms with Gasteiger partial charge in [0.2, 0.25) is 0 Å². The lowest BCUT2D eigenvalue weighted by Crippen LogP contribution is -2.22. The second-order valence-corrected chi connectivity index (χ2v) is 4.04. The molecule has 2 heteroatoms. The van der Waals surface area contributed by atoms with Crippen LogP contribution in [0.1, 0.15) is 25.3 Å². The molecule has 1 nitrogen and oxygen atoms in total. The SMILES string of the molecule is CCCC1CNc2ccc(F)cc2C1. The third kappa shape index (κ3) is 1.89. The maximum absolute atomic E-state index is 13.0. The van der Waals surface area contributed by atoms with Gasteiger partial charge in [-0.2, -0.15) is 0 Å². The molecule has 76 valence electrons. The summed E-state index contributed by atoms with van der Waals surface area (Å²) in [6, 6.07) is 5.02. The Bertz CT molecular complexity index is 322. The van der Waals surface area contributed by atoms with Crippen LogP contribution in [-0.4, -0.2) is 6.54 Å². The number of anilines is 1. The van der Waals surface area contributed by atoms with Gasteiger partial charge in [-0.15, -0.1) is 0 Å². The second kappa shape index (κ2) is 3.99. The number of fused-ring (bicyclic) bond motifs is 1. The number of hydrogen-bond donors (Lipinski definition) is 1. The first-order valence-electron chi connectivity index (χ1n) is 5.32. The highest BCUT2D eigenvalue weighted by Crippen LogP contribution is 2.27. The Morgan fingerprint density at radius 3 is 3.14 bits per heavy atom. The van der Waals surface area contributed by atoms with E-state index < -0.39 is 0 Å². The van der Waals surface area contributed by atoms with E-state index in [-0.39, 0.29) is 5.82 Å². The Morgan fingerprint density at radius 2 is 2.36 bits per heavy atom. The minimum absolute atomic E-state index is 0.123. The number of rotatable bonds is 2. The Kier molecular flexibility index (Phi) is 2.71. The summed E-state index contributed by atoms with van der Waals surface area (Å²) < 4.78 is 13.0. The van der Waals surface area contributed by atoms with Crippen molar-refractivity contribution in [2.75, 3.05) is 11.9 Å². The molecule has 1 atom stereocenters. The van der Waals surface area contributed by atoms with Crippen molar-refractivity contribution in [3.63, 3.8) is 0 Å². The molecule has 1 aromatic rings. The highest BCUT2D eigenvalue weighted by molar-refractivity contribution is 5.53. The first-order valence-corrected chi connectivity index (χ1v) is 5.32. The third-order valence-electron chi connectivity index (χ3n) is 2.85. The summed E-state index contributed by atoms with van der Waals surface area (Å²) in [6.07, 6.45) is 3.45. The molecule has 0 radical (unpaired) electrons. The van der Waals surface area contributed by atoms with E-state index in [1.54, 1.807) is 6.07 Å². The first-order chi connectivity index (χ1) is 6.79. The largest absolute Gasteiger partial charge is 0.385 e. The van der Waals surface area contributed by atoms with Crippen LogP contribution in [0.15, 0.2) is 18.2 Å². The van der Waals surface area contributed by atoms with Crippen molar-refractivity contribution in [1.82, 2.24) is 0 Å². The maximum Gasteiger partial charge on any atom is 0.123 e. The molecule has 1 heterocycles. The van der Waals surface area contributed by atoms with E-state index in [4.69, 9.17) is 0 Å². The van der Waals surface area contributed by atoms with Crippen LogP contribution in [0.2, 0.25) is 0 Å². The summed E-state index contributed by atoms with van der Waals surface area (Å²) >= 11 is 0. The predicted octanol–water partition coefficient (Wildman–Crippen LogP) is 3.21. The van der Waals surface area contributed by atoms with E-state index in [0.29, 0.717) is 5.92 Å². The first kappa shape index (κ1) is 9.50. The average molecular weight is 193 g/mol. The van der Waals surface area contributed by atoms with E-state index in [1.165, 1.54) is 18.9 Å². The lowest BCUT2D eigenvalue weighted by molar-refractivity contribution is 0.487. The van der Waals surface area contributed by atoms with E-state index in [9.17, 15) is 4.39 Å². The quantitative estimate of drug-likeness (QED) is 0.760. The number of halogens is 1. The monoisotopic (exact) mass is 193 g/mol. The third-order valence-corrected chi connectivity index (χ3v) is 2.85. The average Bonchev–Trinajstić information content (AvgIpc) is 2.17. The van der Waals surface area contributed by atoms with Gasteiger partial charge in [0.25, 0.3) is 0 Å². The molecule has 0 fully saturated rings. The zero-order chi connectivity index (χ0) is 9.97. The Morgan fingerprint density at radius 1 is 1.50 bits per heavy atom. The molecule has 14 heavy (non-hydrogen) atoms. The van der Waals surface area contributed by atoms with Gasteiger partial charge in [-0.05, 0) is 42.5 Å². The Balaban J connectivity index is 2.16. The number of benzene rings is 1. The fourth-order valence-electron chi connectivity index (χ4n) is 2.15. The van der Waals surface area contributed by atoms with Crippen LogP contribution in [0.3, 0.4) is 0 Å². The molecular weight excluding hydrogens is 177 g/mol. The molecule has 1 aliphatic heterocycles. The van der Waals surface area contributed by atoms with Gasteiger partial charge in [0, 0.05) is 12.2 Å². The molecule has 0 aliphatic carbocycles. The van der Waals surface area contributed by atoms with Gasteiger partial charge in [0.1, 0.15) is 5.82 Å². The van der Waals surface area contributed by atoms with Crippen LogP contribution in [-0.2, 0) is 6.42 Å². The predicted molar refractivity (Wildman–Crippen MR) is 57.0 cm³/mol. The van der Waals surface area contributed by atoms with E-state index in [1.807, 2.05) is 6.07 Å². The topological polar surface area (TPSA) is 12.0 Å². The zero-order valence-electron chi connectivity index (χ0n) is 8.52. The van der Waals surface area contributed by atoms with E-state index >= 15 is 0 Å². The van der Waals surface area contributed by atoms with Crippen molar-refractivity contribution < 1.29 is 4.39 Å². The standard InChI is InChI=1S/C12H16FN/c1-2-3-9-6-10-7-11(13)4-5-12(10)14-8-9/h4-5,7,9,14H,2-3,6,8H2,1H3. The minimum Gasteiger partial charge on any atom is -0.385 e. The summed E-state index contributed by atoms with van der Waals surface area (Å²) in [7, 11) is 0. The summed E-state index contributed by atoms with van der Waals surface area (Å²) in [5.41, 5.74) is 2.24. The number of hydrogen-bond acceptors (Lipinski definition) is 1. The molecule has 1 N–H and O–H groups in total. The Labute approximate surface area is 84.3 Å².